The summed E-state index contributed by atoms with van der Waals surface area (Å²) in [5.41, 5.74) is 5.81. The summed E-state index contributed by atoms with van der Waals surface area (Å²) in [6.07, 6.45) is 9.39. The molecular formula is C20H30. The van der Waals surface area contributed by atoms with Crippen molar-refractivity contribution in [3.05, 3.63) is 58.7 Å². The number of hydrogen-bond donors (Lipinski definition) is 0. The molecule has 0 N–H and O–H groups in total. The van der Waals surface area contributed by atoms with Crippen molar-refractivity contribution in [1.29, 1.82) is 0 Å². The first-order chi connectivity index (χ1) is 9.49. The fourth-order valence-electron chi connectivity index (χ4n) is 2.25. The molecule has 0 nitrogen and oxygen atoms in total. The molecule has 0 heterocycles. The van der Waals surface area contributed by atoms with E-state index in [0.717, 1.165) is 12.8 Å². The van der Waals surface area contributed by atoms with Crippen molar-refractivity contribution in [2.75, 3.05) is 0 Å². The van der Waals surface area contributed by atoms with Crippen LogP contribution in [0, 0.1) is 0 Å². The van der Waals surface area contributed by atoms with Crippen molar-refractivity contribution in [3.63, 3.8) is 0 Å². The summed E-state index contributed by atoms with van der Waals surface area (Å²) in [5, 5.41) is 0. The van der Waals surface area contributed by atoms with E-state index in [2.05, 4.69) is 71.0 Å². The van der Waals surface area contributed by atoms with E-state index >= 15 is 0 Å². The van der Waals surface area contributed by atoms with Gasteiger partial charge in [0.05, 0.1) is 0 Å². The molecule has 1 rings (SSSR count). The summed E-state index contributed by atoms with van der Waals surface area (Å²) >= 11 is 0. The zero-order chi connectivity index (χ0) is 15.0. The van der Waals surface area contributed by atoms with E-state index in [-0.39, 0.29) is 0 Å². The molecule has 0 bridgehead atoms. The smallest absolute Gasteiger partial charge is 0.0219 e. The van der Waals surface area contributed by atoms with Gasteiger partial charge in [-0.2, -0.15) is 0 Å². The van der Waals surface area contributed by atoms with Gasteiger partial charge in [0.25, 0.3) is 0 Å². The van der Waals surface area contributed by atoms with Crippen LogP contribution >= 0.6 is 0 Å². The highest BCUT2D eigenvalue weighted by Crippen LogP contribution is 2.16. The standard InChI is InChI=1S/C20H30/c1-16(2)8-6-9-18(5)10-7-11-19-12-14-20(15-13-19)17(3)4/h8,10,12-15,17H,6-7,9,11H2,1-5H3. The fraction of sp³-hybridized carbons (Fsp3) is 0.500. The van der Waals surface area contributed by atoms with Crippen molar-refractivity contribution < 1.29 is 0 Å². The van der Waals surface area contributed by atoms with Gasteiger partial charge in [-0.25, -0.2) is 0 Å². The Morgan fingerprint density at radius 2 is 1.60 bits per heavy atom. The van der Waals surface area contributed by atoms with Crippen molar-refractivity contribution in [1.82, 2.24) is 0 Å². The van der Waals surface area contributed by atoms with Crippen LogP contribution in [0.5, 0.6) is 0 Å². The molecule has 0 saturated carbocycles. The highest BCUT2D eigenvalue weighted by molar-refractivity contribution is 5.25. The predicted molar refractivity (Wildman–Crippen MR) is 91.3 cm³/mol. The Morgan fingerprint density at radius 1 is 0.950 bits per heavy atom. The lowest BCUT2D eigenvalue weighted by atomic mass is 10.00. The van der Waals surface area contributed by atoms with Crippen LogP contribution in [0.25, 0.3) is 0 Å². The van der Waals surface area contributed by atoms with Gasteiger partial charge in [-0.15, -0.1) is 0 Å². The van der Waals surface area contributed by atoms with Crippen molar-refractivity contribution in [2.24, 2.45) is 0 Å². The average molecular weight is 270 g/mol. The summed E-state index contributed by atoms with van der Waals surface area (Å²) < 4.78 is 0. The van der Waals surface area contributed by atoms with Crippen LogP contribution in [-0.4, -0.2) is 0 Å². The molecule has 0 spiro atoms. The molecule has 0 unspecified atom stereocenters. The molecule has 0 aliphatic rings. The second kappa shape index (κ2) is 8.79. The Bertz CT molecular complexity index is 439. The molecule has 0 aromatic heterocycles. The Labute approximate surface area is 125 Å². The minimum atomic E-state index is 0.626. The van der Waals surface area contributed by atoms with Crippen LogP contribution in [-0.2, 0) is 6.42 Å². The maximum absolute atomic E-state index is 2.40. The Balaban J connectivity index is 2.37. The summed E-state index contributed by atoms with van der Waals surface area (Å²) in [5.74, 6) is 0.626. The highest BCUT2D eigenvalue weighted by atomic mass is 14.0. The van der Waals surface area contributed by atoms with E-state index in [4.69, 9.17) is 0 Å². The molecule has 0 aliphatic carbocycles. The molecule has 110 valence electrons. The summed E-state index contributed by atoms with van der Waals surface area (Å²) in [6, 6.07) is 9.10. The largest absolute Gasteiger partial charge is 0.0856 e. The topological polar surface area (TPSA) is 0 Å². The van der Waals surface area contributed by atoms with Crippen LogP contribution in [0.4, 0.5) is 0 Å². The van der Waals surface area contributed by atoms with Gasteiger partial charge in [-0.3, -0.25) is 0 Å². The highest BCUT2D eigenvalue weighted by Gasteiger charge is 1.98. The molecule has 20 heavy (non-hydrogen) atoms. The lowest BCUT2D eigenvalue weighted by molar-refractivity contribution is 0.863. The Kier molecular flexibility index (Phi) is 7.36. The van der Waals surface area contributed by atoms with Gasteiger partial charge in [-0.1, -0.05) is 61.4 Å². The number of benzene rings is 1. The van der Waals surface area contributed by atoms with E-state index < -0.39 is 0 Å². The summed E-state index contributed by atoms with van der Waals surface area (Å²) in [7, 11) is 0. The van der Waals surface area contributed by atoms with Gasteiger partial charge in [0.15, 0.2) is 0 Å². The predicted octanol–water partition coefficient (Wildman–Crippen LogP) is 6.44. The second-order valence-electron chi connectivity index (χ2n) is 6.31. The molecule has 0 atom stereocenters. The number of rotatable bonds is 7. The zero-order valence-corrected chi connectivity index (χ0v) is 13.9. The van der Waals surface area contributed by atoms with Gasteiger partial charge in [-0.05, 0) is 63.5 Å². The van der Waals surface area contributed by atoms with Crippen LogP contribution < -0.4 is 0 Å². The SMILES string of the molecule is CC(C)=CCCC(C)=CCCc1ccc(C(C)C)cc1. The summed E-state index contributed by atoms with van der Waals surface area (Å²) in [6.45, 7) is 11.1. The maximum atomic E-state index is 2.40. The van der Waals surface area contributed by atoms with Crippen molar-refractivity contribution in [2.45, 2.75) is 66.2 Å². The Hall–Kier alpha value is -1.30. The lowest BCUT2D eigenvalue weighted by Crippen LogP contribution is -1.89. The second-order valence-corrected chi connectivity index (χ2v) is 6.31. The molecule has 0 heteroatoms. The quantitative estimate of drug-likeness (QED) is 0.500. The third kappa shape index (κ3) is 6.75. The Morgan fingerprint density at radius 3 is 2.15 bits per heavy atom. The van der Waals surface area contributed by atoms with Gasteiger partial charge in [0, 0.05) is 0 Å². The number of allylic oxidation sites excluding steroid dienone is 4. The summed E-state index contributed by atoms with van der Waals surface area (Å²) in [4.78, 5) is 0. The lowest BCUT2D eigenvalue weighted by Gasteiger charge is -2.06. The van der Waals surface area contributed by atoms with E-state index in [0.29, 0.717) is 5.92 Å². The monoisotopic (exact) mass is 270 g/mol. The third-order valence-corrected chi connectivity index (χ3v) is 3.66. The van der Waals surface area contributed by atoms with Crippen LogP contribution in [0.2, 0.25) is 0 Å². The van der Waals surface area contributed by atoms with Gasteiger partial charge in [0.2, 0.25) is 0 Å². The molecule has 1 aromatic rings. The van der Waals surface area contributed by atoms with Gasteiger partial charge in [0.1, 0.15) is 0 Å². The van der Waals surface area contributed by atoms with E-state index in [1.54, 1.807) is 0 Å². The third-order valence-electron chi connectivity index (χ3n) is 3.66. The maximum Gasteiger partial charge on any atom is -0.0219 e. The van der Waals surface area contributed by atoms with E-state index in [9.17, 15) is 0 Å². The van der Waals surface area contributed by atoms with Gasteiger partial charge < -0.3 is 0 Å². The normalized spacial score (nSPS) is 11.8. The van der Waals surface area contributed by atoms with Crippen molar-refractivity contribution in [3.8, 4) is 0 Å². The van der Waals surface area contributed by atoms with Gasteiger partial charge >= 0.3 is 0 Å². The molecule has 0 saturated heterocycles. The van der Waals surface area contributed by atoms with Crippen LogP contribution in [0.15, 0.2) is 47.6 Å². The minimum absolute atomic E-state index is 0.626. The number of aryl methyl sites for hydroxylation is 1. The first-order valence-corrected chi connectivity index (χ1v) is 7.87. The zero-order valence-electron chi connectivity index (χ0n) is 13.9. The average Bonchev–Trinajstić information content (AvgIpc) is 2.39. The molecular weight excluding hydrogens is 240 g/mol. The minimum Gasteiger partial charge on any atom is -0.0856 e. The molecule has 0 aliphatic heterocycles. The van der Waals surface area contributed by atoms with Crippen LogP contribution in [0.3, 0.4) is 0 Å². The molecule has 0 amide bonds. The van der Waals surface area contributed by atoms with E-state index in [1.807, 2.05) is 0 Å². The molecule has 0 radical (unpaired) electrons. The van der Waals surface area contributed by atoms with Crippen molar-refractivity contribution >= 4 is 0 Å². The number of hydrogen-bond acceptors (Lipinski definition) is 0. The van der Waals surface area contributed by atoms with E-state index in [1.165, 1.54) is 35.1 Å². The molecule has 0 fully saturated rings. The first-order valence-electron chi connectivity index (χ1n) is 7.87. The molecule has 1 aromatic carbocycles. The van der Waals surface area contributed by atoms with Crippen LogP contribution in [0.1, 0.15) is 70.9 Å². The first kappa shape index (κ1) is 16.8. The fourth-order valence-corrected chi connectivity index (χ4v) is 2.25.